The number of hydrogen-bond donors (Lipinski definition) is 0. The van der Waals surface area contributed by atoms with Gasteiger partial charge >= 0.3 is 5.97 Å². The number of benzene rings is 1. The highest BCUT2D eigenvalue weighted by Crippen LogP contribution is 2.29. The summed E-state index contributed by atoms with van der Waals surface area (Å²) in [5, 5.41) is 0. The van der Waals surface area contributed by atoms with Gasteiger partial charge in [0.15, 0.2) is 0 Å². The monoisotopic (exact) mass is 429 g/mol. The highest BCUT2D eigenvalue weighted by Gasteiger charge is 2.29. The third-order valence-corrected chi connectivity index (χ3v) is 6.01. The van der Waals surface area contributed by atoms with Gasteiger partial charge in [-0.25, -0.2) is 0 Å². The van der Waals surface area contributed by atoms with Crippen molar-refractivity contribution in [3.63, 3.8) is 0 Å². The Morgan fingerprint density at radius 3 is 2.42 bits per heavy atom. The molecule has 1 aromatic rings. The van der Waals surface area contributed by atoms with Crippen LogP contribution in [0.2, 0.25) is 0 Å². The molecule has 0 unspecified atom stereocenters. The Kier molecular flexibility index (Phi) is 7.30. The van der Waals surface area contributed by atoms with Crippen molar-refractivity contribution in [1.82, 2.24) is 9.80 Å². The summed E-state index contributed by atoms with van der Waals surface area (Å²) in [5.74, 6) is -0.629. The molecule has 0 atom stereocenters. The molecule has 0 bridgehead atoms. The molecular formula is C23H31N3O5. The van der Waals surface area contributed by atoms with Crippen molar-refractivity contribution in [3.05, 3.63) is 29.3 Å². The minimum absolute atomic E-state index is 0.0135. The van der Waals surface area contributed by atoms with Crippen molar-refractivity contribution in [1.29, 1.82) is 0 Å². The van der Waals surface area contributed by atoms with E-state index in [-0.39, 0.29) is 36.2 Å². The lowest BCUT2D eigenvalue weighted by molar-refractivity contribution is -0.151. The molecule has 1 aromatic carbocycles. The van der Waals surface area contributed by atoms with Crippen LogP contribution in [0, 0.1) is 5.92 Å². The van der Waals surface area contributed by atoms with Crippen LogP contribution in [-0.4, -0.2) is 73.3 Å². The van der Waals surface area contributed by atoms with Gasteiger partial charge in [-0.05, 0) is 49.9 Å². The molecule has 3 amide bonds. The van der Waals surface area contributed by atoms with Crippen LogP contribution >= 0.6 is 0 Å². The predicted molar refractivity (Wildman–Crippen MR) is 116 cm³/mol. The number of rotatable bonds is 6. The summed E-state index contributed by atoms with van der Waals surface area (Å²) in [6.07, 6.45) is 2.34. The fourth-order valence-electron chi connectivity index (χ4n) is 4.20. The van der Waals surface area contributed by atoms with Crippen molar-refractivity contribution < 1.29 is 23.9 Å². The molecule has 2 aliphatic heterocycles. The van der Waals surface area contributed by atoms with Crippen molar-refractivity contribution in [3.8, 4) is 0 Å². The number of anilines is 1. The van der Waals surface area contributed by atoms with Gasteiger partial charge in [0.05, 0.1) is 19.1 Å². The van der Waals surface area contributed by atoms with Gasteiger partial charge < -0.3 is 19.4 Å². The number of ether oxygens (including phenoxy) is 1. The van der Waals surface area contributed by atoms with E-state index < -0.39 is 0 Å². The zero-order valence-electron chi connectivity index (χ0n) is 18.6. The van der Waals surface area contributed by atoms with Crippen LogP contribution in [0.3, 0.4) is 0 Å². The lowest BCUT2D eigenvalue weighted by Gasteiger charge is -2.32. The molecule has 0 radical (unpaired) electrons. The van der Waals surface area contributed by atoms with E-state index in [0.29, 0.717) is 51.1 Å². The normalized spacial score (nSPS) is 16.1. The Bertz CT molecular complexity index is 861. The Morgan fingerprint density at radius 2 is 1.77 bits per heavy atom. The zero-order valence-corrected chi connectivity index (χ0v) is 18.6. The average molecular weight is 430 g/mol. The summed E-state index contributed by atoms with van der Waals surface area (Å²) in [6.45, 7) is 5.58. The summed E-state index contributed by atoms with van der Waals surface area (Å²) in [6, 6.07) is 5.36. The quantitative estimate of drug-likeness (QED) is 0.644. The maximum atomic E-state index is 12.9. The third-order valence-electron chi connectivity index (χ3n) is 6.01. The Balaban J connectivity index is 1.56. The van der Waals surface area contributed by atoms with Crippen LogP contribution in [0.15, 0.2) is 18.2 Å². The van der Waals surface area contributed by atoms with Crippen molar-refractivity contribution >= 4 is 29.4 Å². The van der Waals surface area contributed by atoms with E-state index in [4.69, 9.17) is 4.74 Å². The van der Waals surface area contributed by atoms with E-state index in [1.807, 2.05) is 19.1 Å². The highest BCUT2D eigenvalue weighted by molar-refractivity contribution is 5.99. The maximum Gasteiger partial charge on any atom is 0.309 e. The van der Waals surface area contributed by atoms with Crippen LogP contribution in [0.4, 0.5) is 5.69 Å². The molecule has 0 aromatic heterocycles. The SMILES string of the molecule is CCOC(=O)C1CCN(C(=O)CN(C)C(=O)c2ccc3c(c2)CCN3C(=O)CC)CC1. The first kappa shape index (κ1) is 22.8. The van der Waals surface area contributed by atoms with Gasteiger partial charge in [-0.3, -0.25) is 19.2 Å². The minimum atomic E-state index is -0.224. The van der Waals surface area contributed by atoms with E-state index >= 15 is 0 Å². The van der Waals surface area contributed by atoms with E-state index in [1.54, 1.807) is 29.8 Å². The molecule has 31 heavy (non-hydrogen) atoms. The van der Waals surface area contributed by atoms with Gasteiger partial charge in [0.2, 0.25) is 11.8 Å². The largest absolute Gasteiger partial charge is 0.466 e. The topological polar surface area (TPSA) is 87.2 Å². The van der Waals surface area contributed by atoms with Gasteiger partial charge in [-0.15, -0.1) is 0 Å². The molecule has 0 aliphatic carbocycles. The zero-order chi connectivity index (χ0) is 22.5. The molecule has 2 heterocycles. The molecular weight excluding hydrogens is 398 g/mol. The molecule has 2 aliphatic rings. The highest BCUT2D eigenvalue weighted by atomic mass is 16.5. The first-order valence-electron chi connectivity index (χ1n) is 11.0. The molecule has 168 valence electrons. The lowest BCUT2D eigenvalue weighted by Crippen LogP contribution is -2.45. The number of likely N-dealkylation sites (tertiary alicyclic amines) is 1. The molecule has 3 rings (SSSR count). The predicted octanol–water partition coefficient (Wildman–Crippen LogP) is 1.86. The van der Waals surface area contributed by atoms with E-state index in [9.17, 15) is 19.2 Å². The maximum absolute atomic E-state index is 12.9. The van der Waals surface area contributed by atoms with Crippen LogP contribution in [0.5, 0.6) is 0 Å². The standard InChI is InChI=1S/C23H31N3O5/c1-4-20(27)26-13-10-17-14-18(6-7-19(17)26)22(29)24(3)15-21(28)25-11-8-16(9-12-25)23(30)31-5-2/h6-7,14,16H,4-5,8-13,15H2,1-3H3. The van der Waals surface area contributed by atoms with Gasteiger partial charge in [-0.1, -0.05) is 6.92 Å². The summed E-state index contributed by atoms with van der Waals surface area (Å²) in [7, 11) is 1.62. The Hall–Kier alpha value is -2.90. The molecule has 8 nitrogen and oxygen atoms in total. The Morgan fingerprint density at radius 1 is 1.06 bits per heavy atom. The van der Waals surface area contributed by atoms with Crippen LogP contribution in [0.25, 0.3) is 0 Å². The van der Waals surface area contributed by atoms with Crippen LogP contribution in [-0.2, 0) is 25.5 Å². The van der Waals surface area contributed by atoms with E-state index in [0.717, 1.165) is 17.7 Å². The summed E-state index contributed by atoms with van der Waals surface area (Å²) < 4.78 is 5.06. The van der Waals surface area contributed by atoms with Crippen LogP contribution < -0.4 is 4.90 Å². The smallest absolute Gasteiger partial charge is 0.309 e. The summed E-state index contributed by atoms with van der Waals surface area (Å²) in [5.41, 5.74) is 2.36. The summed E-state index contributed by atoms with van der Waals surface area (Å²) in [4.78, 5) is 54.3. The second-order valence-corrected chi connectivity index (χ2v) is 8.06. The summed E-state index contributed by atoms with van der Waals surface area (Å²) >= 11 is 0. The third kappa shape index (κ3) is 5.06. The van der Waals surface area contributed by atoms with Crippen molar-refractivity contribution in [2.24, 2.45) is 5.92 Å². The second-order valence-electron chi connectivity index (χ2n) is 8.06. The molecule has 1 saturated heterocycles. The number of piperidine rings is 1. The number of fused-ring (bicyclic) bond motifs is 1. The van der Waals surface area contributed by atoms with Crippen LogP contribution in [0.1, 0.15) is 49.0 Å². The van der Waals surface area contributed by atoms with Gasteiger partial charge in [0, 0.05) is 44.4 Å². The number of carbonyl (C=O) groups is 4. The fourth-order valence-corrected chi connectivity index (χ4v) is 4.20. The van der Waals surface area contributed by atoms with E-state index in [1.165, 1.54) is 4.90 Å². The molecule has 1 fully saturated rings. The first-order chi connectivity index (χ1) is 14.8. The minimum Gasteiger partial charge on any atom is -0.466 e. The van der Waals surface area contributed by atoms with Gasteiger partial charge in [-0.2, -0.15) is 0 Å². The molecule has 0 saturated carbocycles. The number of likely N-dealkylation sites (N-methyl/N-ethyl adjacent to an activating group) is 1. The number of esters is 1. The van der Waals surface area contributed by atoms with Crippen molar-refractivity contribution in [2.75, 3.05) is 44.7 Å². The number of hydrogen-bond acceptors (Lipinski definition) is 5. The Labute approximate surface area is 183 Å². The molecule has 0 N–H and O–H groups in total. The number of nitrogens with zero attached hydrogens (tertiary/aromatic N) is 3. The molecule has 0 spiro atoms. The van der Waals surface area contributed by atoms with E-state index in [2.05, 4.69) is 0 Å². The first-order valence-corrected chi connectivity index (χ1v) is 11.0. The van der Waals surface area contributed by atoms with Gasteiger partial charge in [0.1, 0.15) is 0 Å². The second kappa shape index (κ2) is 9.94. The number of amides is 3. The lowest BCUT2D eigenvalue weighted by atomic mass is 9.97. The number of carbonyl (C=O) groups excluding carboxylic acids is 4. The average Bonchev–Trinajstić information content (AvgIpc) is 3.21. The molecule has 8 heteroatoms. The van der Waals surface area contributed by atoms with Crippen molar-refractivity contribution in [2.45, 2.75) is 39.5 Å². The van der Waals surface area contributed by atoms with Gasteiger partial charge in [0.25, 0.3) is 5.91 Å². The fraction of sp³-hybridized carbons (Fsp3) is 0.565.